The molecule has 1 atom stereocenters. The van der Waals surface area contributed by atoms with Gasteiger partial charge in [0.1, 0.15) is 0 Å². The van der Waals surface area contributed by atoms with E-state index >= 15 is 0 Å². The fourth-order valence-corrected chi connectivity index (χ4v) is 3.55. The van der Waals surface area contributed by atoms with Crippen molar-refractivity contribution in [2.45, 2.75) is 33.4 Å². The summed E-state index contributed by atoms with van der Waals surface area (Å²) in [7, 11) is -3.41. The lowest BCUT2D eigenvalue weighted by atomic mass is 9.94. The highest BCUT2D eigenvalue weighted by atomic mass is 32.2. The maximum Gasteiger partial charge on any atom is 0.236 e. The van der Waals surface area contributed by atoms with E-state index in [1.54, 1.807) is 0 Å². The number of aliphatic imine (C=N–C) groups is 1. The van der Waals surface area contributed by atoms with E-state index in [0.717, 1.165) is 0 Å². The molecule has 1 saturated heterocycles. The Morgan fingerprint density at radius 3 is 2.67 bits per heavy atom. The average molecular weight is 276 g/mol. The summed E-state index contributed by atoms with van der Waals surface area (Å²) in [4.78, 5) is 13.8. The second-order valence-corrected chi connectivity index (χ2v) is 7.55. The van der Waals surface area contributed by atoms with Crippen molar-refractivity contribution in [1.29, 1.82) is 0 Å². The Morgan fingerprint density at radius 1 is 1.44 bits per heavy atom. The van der Waals surface area contributed by atoms with Gasteiger partial charge in [0.15, 0.2) is 6.17 Å². The van der Waals surface area contributed by atoms with E-state index in [0.29, 0.717) is 13.0 Å². The van der Waals surface area contributed by atoms with Crippen molar-refractivity contribution < 1.29 is 17.9 Å². The fourth-order valence-electron chi connectivity index (χ4n) is 1.61. The Hall–Kier alpha value is -0.750. The topological polar surface area (TPSA) is 76.0 Å². The summed E-state index contributed by atoms with van der Waals surface area (Å²) in [5.41, 5.74) is -0.0528. The van der Waals surface area contributed by atoms with Gasteiger partial charge in [-0.2, -0.15) is 9.30 Å². The van der Waals surface area contributed by atoms with Crippen LogP contribution in [0.1, 0.15) is 27.2 Å². The monoisotopic (exact) mass is 276 g/mol. The van der Waals surface area contributed by atoms with Gasteiger partial charge in [-0.25, -0.2) is 13.2 Å². The molecule has 1 rings (SSSR count). The number of isocyanates is 1. The van der Waals surface area contributed by atoms with Crippen molar-refractivity contribution in [1.82, 2.24) is 4.31 Å². The van der Waals surface area contributed by atoms with Crippen LogP contribution < -0.4 is 0 Å². The quantitative estimate of drug-likeness (QED) is 0.561. The third-order valence-corrected chi connectivity index (χ3v) is 4.58. The molecule has 0 radical (unpaired) electrons. The summed E-state index contributed by atoms with van der Waals surface area (Å²) in [6.07, 6.45) is 1.20. The molecule has 104 valence electrons. The summed E-state index contributed by atoms with van der Waals surface area (Å²) in [6, 6.07) is 0. The van der Waals surface area contributed by atoms with Crippen molar-refractivity contribution in [3.05, 3.63) is 0 Å². The summed E-state index contributed by atoms with van der Waals surface area (Å²) < 4.78 is 30.8. The van der Waals surface area contributed by atoms with Crippen LogP contribution in [0.5, 0.6) is 0 Å². The number of rotatable bonds is 4. The van der Waals surface area contributed by atoms with E-state index in [1.165, 1.54) is 10.4 Å². The molecule has 1 aliphatic rings. The van der Waals surface area contributed by atoms with Gasteiger partial charge in [0.25, 0.3) is 0 Å². The molecule has 1 fully saturated rings. The first kappa shape index (κ1) is 15.3. The molecule has 0 aromatic carbocycles. The van der Waals surface area contributed by atoms with Crippen molar-refractivity contribution in [3.63, 3.8) is 0 Å². The number of ether oxygens (including phenoxy) is 1. The van der Waals surface area contributed by atoms with Crippen molar-refractivity contribution in [2.24, 2.45) is 10.4 Å². The van der Waals surface area contributed by atoms with Crippen LogP contribution in [0.4, 0.5) is 0 Å². The van der Waals surface area contributed by atoms with Crippen molar-refractivity contribution >= 4 is 16.1 Å². The highest BCUT2D eigenvalue weighted by molar-refractivity contribution is 7.89. The van der Waals surface area contributed by atoms with Crippen LogP contribution in [0.2, 0.25) is 0 Å². The molecular weight excluding hydrogens is 256 g/mol. The van der Waals surface area contributed by atoms with Crippen LogP contribution in [0.3, 0.4) is 0 Å². The maximum absolute atomic E-state index is 12.2. The number of hydrogen-bond donors (Lipinski definition) is 0. The van der Waals surface area contributed by atoms with Crippen LogP contribution in [0.25, 0.3) is 0 Å². The maximum atomic E-state index is 12.2. The van der Waals surface area contributed by atoms with Gasteiger partial charge in [0.05, 0.1) is 19.0 Å². The smallest absolute Gasteiger partial charge is 0.236 e. The first-order valence-electron chi connectivity index (χ1n) is 5.90. The van der Waals surface area contributed by atoms with E-state index in [-0.39, 0.29) is 24.3 Å². The van der Waals surface area contributed by atoms with Crippen molar-refractivity contribution in [3.8, 4) is 0 Å². The van der Waals surface area contributed by atoms with Gasteiger partial charge >= 0.3 is 0 Å². The van der Waals surface area contributed by atoms with Gasteiger partial charge < -0.3 is 4.74 Å². The molecule has 1 unspecified atom stereocenters. The molecule has 0 aliphatic carbocycles. The number of nitrogens with zero attached hydrogens (tertiary/aromatic N) is 2. The van der Waals surface area contributed by atoms with Crippen molar-refractivity contribution in [2.75, 3.05) is 25.5 Å². The van der Waals surface area contributed by atoms with Gasteiger partial charge in [-0.1, -0.05) is 20.8 Å². The Bertz CT molecular complexity index is 421. The Kier molecular flexibility index (Phi) is 5.04. The third kappa shape index (κ3) is 4.49. The highest BCUT2D eigenvalue weighted by Crippen LogP contribution is 2.22. The number of carbonyl (C=O) groups excluding carboxylic acids is 1. The van der Waals surface area contributed by atoms with E-state index in [2.05, 4.69) is 4.99 Å². The van der Waals surface area contributed by atoms with E-state index in [9.17, 15) is 13.2 Å². The predicted octanol–water partition coefficient (Wildman–Crippen LogP) is 0.746. The van der Waals surface area contributed by atoms with Gasteiger partial charge in [-0.15, -0.1) is 0 Å². The minimum Gasteiger partial charge on any atom is -0.376 e. The van der Waals surface area contributed by atoms with E-state index in [1.807, 2.05) is 20.8 Å². The predicted molar refractivity (Wildman–Crippen MR) is 67.3 cm³/mol. The SMILES string of the molecule is CC(C)(C)CCS(=O)(=O)N1CCOCC1N=C=O. The molecule has 7 heteroatoms. The molecule has 0 amide bonds. The molecule has 1 heterocycles. The first-order chi connectivity index (χ1) is 8.26. The molecule has 18 heavy (non-hydrogen) atoms. The molecule has 0 bridgehead atoms. The standard InChI is InChI=1S/C11H20N2O4S/c1-11(2,3)4-7-18(15,16)13-5-6-17-8-10(13)12-9-14/h10H,4-8H2,1-3H3. The zero-order valence-corrected chi connectivity index (χ0v) is 11.9. The molecular formula is C11H20N2O4S. The zero-order chi connectivity index (χ0) is 13.8. The molecule has 0 aromatic heterocycles. The second kappa shape index (κ2) is 5.93. The molecule has 0 saturated carbocycles. The summed E-state index contributed by atoms with van der Waals surface area (Å²) >= 11 is 0. The number of hydrogen-bond acceptors (Lipinski definition) is 5. The number of sulfonamides is 1. The van der Waals surface area contributed by atoms with Gasteiger partial charge in [0.2, 0.25) is 16.1 Å². The Morgan fingerprint density at radius 2 is 2.11 bits per heavy atom. The second-order valence-electron chi connectivity index (χ2n) is 5.51. The van der Waals surface area contributed by atoms with Gasteiger partial charge in [0, 0.05) is 6.54 Å². The lowest BCUT2D eigenvalue weighted by Crippen LogP contribution is -2.48. The first-order valence-corrected chi connectivity index (χ1v) is 7.51. The average Bonchev–Trinajstić information content (AvgIpc) is 2.27. The summed E-state index contributed by atoms with van der Waals surface area (Å²) in [6.45, 7) is 6.65. The van der Waals surface area contributed by atoms with Crippen LogP contribution in [0, 0.1) is 5.41 Å². The van der Waals surface area contributed by atoms with Crippen LogP contribution >= 0.6 is 0 Å². The molecule has 1 aliphatic heterocycles. The summed E-state index contributed by atoms with van der Waals surface area (Å²) in [5, 5.41) is 0. The van der Waals surface area contributed by atoms with Gasteiger partial charge in [-0.05, 0) is 11.8 Å². The lowest BCUT2D eigenvalue weighted by Gasteiger charge is -2.31. The minimum absolute atomic E-state index is 0.0528. The van der Waals surface area contributed by atoms with Crippen LogP contribution in [-0.4, -0.2) is 50.5 Å². The molecule has 0 aromatic rings. The van der Waals surface area contributed by atoms with E-state index in [4.69, 9.17) is 4.74 Å². The zero-order valence-electron chi connectivity index (χ0n) is 11.0. The number of morpholine rings is 1. The van der Waals surface area contributed by atoms with Crippen LogP contribution in [-0.2, 0) is 19.6 Å². The largest absolute Gasteiger partial charge is 0.376 e. The molecule has 0 spiro atoms. The summed E-state index contributed by atoms with van der Waals surface area (Å²) in [5.74, 6) is 0.0569. The Labute approximate surface area is 108 Å². The molecule has 0 N–H and O–H groups in total. The Balaban J connectivity index is 2.78. The third-order valence-electron chi connectivity index (χ3n) is 2.72. The highest BCUT2D eigenvalue weighted by Gasteiger charge is 2.33. The van der Waals surface area contributed by atoms with Crippen LogP contribution in [0.15, 0.2) is 4.99 Å². The fraction of sp³-hybridized carbons (Fsp3) is 0.909. The van der Waals surface area contributed by atoms with Gasteiger partial charge in [-0.3, -0.25) is 0 Å². The lowest BCUT2D eigenvalue weighted by molar-refractivity contribution is 0.0358. The van der Waals surface area contributed by atoms with E-state index < -0.39 is 16.2 Å². The minimum atomic E-state index is -3.41. The molecule has 6 nitrogen and oxygen atoms in total. The normalized spacial score (nSPS) is 22.5.